The summed E-state index contributed by atoms with van der Waals surface area (Å²) in [5.74, 6) is -0.968. The predicted molar refractivity (Wildman–Crippen MR) is 109 cm³/mol. The topological polar surface area (TPSA) is 113 Å². The van der Waals surface area contributed by atoms with Gasteiger partial charge in [-0.15, -0.1) is 0 Å². The Morgan fingerprint density at radius 3 is 2.48 bits per heavy atom. The van der Waals surface area contributed by atoms with Gasteiger partial charge in [-0.2, -0.15) is 0 Å². The van der Waals surface area contributed by atoms with Gasteiger partial charge in [-0.1, -0.05) is 12.1 Å². The first-order chi connectivity index (χ1) is 14.0. The Bertz CT molecular complexity index is 1020. The van der Waals surface area contributed by atoms with Crippen LogP contribution in [0.5, 0.6) is 0 Å². The molecule has 1 aromatic carbocycles. The van der Waals surface area contributed by atoms with Crippen LogP contribution >= 0.6 is 15.9 Å². The van der Waals surface area contributed by atoms with Crippen molar-refractivity contribution in [3.05, 3.63) is 82.5 Å². The second-order valence-electron chi connectivity index (χ2n) is 5.95. The van der Waals surface area contributed by atoms with Gasteiger partial charge in [0.25, 0.3) is 11.8 Å². The zero-order chi connectivity index (χ0) is 20.6. The van der Waals surface area contributed by atoms with Gasteiger partial charge in [-0.25, -0.2) is 0 Å². The van der Waals surface area contributed by atoms with Crippen LogP contribution in [-0.2, 0) is 11.3 Å². The van der Waals surface area contributed by atoms with Gasteiger partial charge in [0.2, 0.25) is 5.91 Å². The summed E-state index contributed by atoms with van der Waals surface area (Å²) in [6, 6.07) is 13.5. The molecule has 3 rings (SSSR count). The molecule has 0 radical (unpaired) electrons. The molecule has 0 bridgehead atoms. The van der Waals surface area contributed by atoms with Crippen molar-refractivity contribution in [2.75, 3.05) is 11.9 Å². The lowest BCUT2D eigenvalue weighted by molar-refractivity contribution is -0.120. The van der Waals surface area contributed by atoms with E-state index in [-0.39, 0.29) is 30.7 Å². The maximum atomic E-state index is 12.2. The summed E-state index contributed by atoms with van der Waals surface area (Å²) < 4.78 is 5.55. The summed E-state index contributed by atoms with van der Waals surface area (Å²) in [5, 5.41) is 7.98. The first-order valence-corrected chi connectivity index (χ1v) is 9.41. The highest BCUT2D eigenvalue weighted by Crippen LogP contribution is 2.14. The Kier molecular flexibility index (Phi) is 6.75. The van der Waals surface area contributed by atoms with Crippen molar-refractivity contribution in [1.82, 2.24) is 15.6 Å². The largest absolute Gasteiger partial charge is 0.444 e. The predicted octanol–water partition coefficient (Wildman–Crippen LogP) is 2.74. The molecular formula is C20H17BrN4O4. The van der Waals surface area contributed by atoms with E-state index in [4.69, 9.17) is 4.42 Å². The van der Waals surface area contributed by atoms with Crippen LogP contribution in [0.15, 0.2) is 70.0 Å². The van der Waals surface area contributed by atoms with Gasteiger partial charge in [-0.3, -0.25) is 19.4 Å². The quantitative estimate of drug-likeness (QED) is 0.505. The number of nitrogens with zero attached hydrogens (tertiary/aromatic N) is 1. The van der Waals surface area contributed by atoms with Crippen molar-refractivity contribution >= 4 is 39.3 Å². The molecule has 3 aromatic rings. The maximum absolute atomic E-state index is 12.2. The standard InChI is InChI=1S/C20H17BrN4O4/c21-17-5-4-16(29-17)20(28)24-12-18(26)23-11-13-2-1-3-15(10-13)25-19(27)14-6-8-22-9-7-14/h1-10H,11-12H2,(H,23,26)(H,24,28)(H,25,27). The number of carbonyl (C=O) groups excluding carboxylic acids is 3. The first-order valence-electron chi connectivity index (χ1n) is 8.62. The number of aromatic nitrogens is 1. The highest BCUT2D eigenvalue weighted by Gasteiger charge is 2.12. The molecule has 0 fully saturated rings. The fourth-order valence-electron chi connectivity index (χ4n) is 2.41. The molecule has 0 saturated heterocycles. The Labute approximate surface area is 174 Å². The lowest BCUT2D eigenvalue weighted by Gasteiger charge is -2.09. The van der Waals surface area contributed by atoms with E-state index < -0.39 is 5.91 Å². The van der Waals surface area contributed by atoms with E-state index >= 15 is 0 Å². The van der Waals surface area contributed by atoms with Crippen LogP contribution < -0.4 is 16.0 Å². The number of benzene rings is 1. The van der Waals surface area contributed by atoms with Crippen LogP contribution in [-0.4, -0.2) is 29.3 Å². The Hall–Kier alpha value is -3.46. The fourth-order valence-corrected chi connectivity index (χ4v) is 2.72. The molecule has 2 heterocycles. The molecule has 0 aliphatic rings. The normalized spacial score (nSPS) is 10.2. The summed E-state index contributed by atoms with van der Waals surface area (Å²) in [6.07, 6.45) is 3.09. The average molecular weight is 457 g/mol. The summed E-state index contributed by atoms with van der Waals surface area (Å²) in [7, 11) is 0. The molecule has 0 unspecified atom stereocenters. The molecule has 2 aromatic heterocycles. The third kappa shape index (κ3) is 6.01. The van der Waals surface area contributed by atoms with Crippen LogP contribution in [0.4, 0.5) is 5.69 Å². The second-order valence-corrected chi connectivity index (χ2v) is 6.74. The number of amides is 3. The van der Waals surface area contributed by atoms with Gasteiger partial charge < -0.3 is 20.4 Å². The lowest BCUT2D eigenvalue weighted by Crippen LogP contribution is -2.36. The summed E-state index contributed by atoms with van der Waals surface area (Å²) in [6.45, 7) is 0.0651. The molecule has 8 nitrogen and oxygen atoms in total. The minimum atomic E-state index is -0.480. The Morgan fingerprint density at radius 1 is 0.966 bits per heavy atom. The van der Waals surface area contributed by atoms with Gasteiger partial charge in [0.05, 0.1) is 6.54 Å². The zero-order valence-corrected chi connectivity index (χ0v) is 16.7. The molecule has 0 saturated carbocycles. The van der Waals surface area contributed by atoms with E-state index in [0.717, 1.165) is 5.56 Å². The number of halogens is 1. The number of furan rings is 1. The third-order valence-electron chi connectivity index (χ3n) is 3.82. The molecule has 0 aliphatic carbocycles. The average Bonchev–Trinajstić information content (AvgIpc) is 3.18. The van der Waals surface area contributed by atoms with E-state index in [2.05, 4.69) is 36.9 Å². The van der Waals surface area contributed by atoms with Crippen LogP contribution in [0.25, 0.3) is 0 Å². The minimum Gasteiger partial charge on any atom is -0.444 e. The van der Waals surface area contributed by atoms with E-state index in [9.17, 15) is 14.4 Å². The number of anilines is 1. The molecule has 9 heteroatoms. The van der Waals surface area contributed by atoms with Gasteiger partial charge >= 0.3 is 0 Å². The van der Waals surface area contributed by atoms with Crippen LogP contribution in [0, 0.1) is 0 Å². The van der Waals surface area contributed by atoms with Gasteiger partial charge in [0, 0.05) is 30.2 Å². The van der Waals surface area contributed by atoms with E-state index in [1.807, 2.05) is 6.07 Å². The number of carbonyl (C=O) groups is 3. The summed E-state index contributed by atoms with van der Waals surface area (Å²) >= 11 is 3.11. The number of rotatable bonds is 7. The summed E-state index contributed by atoms with van der Waals surface area (Å²) in [4.78, 5) is 39.9. The number of nitrogens with one attached hydrogen (secondary N) is 3. The van der Waals surface area contributed by atoms with Crippen LogP contribution in [0.2, 0.25) is 0 Å². The molecule has 3 N–H and O–H groups in total. The Morgan fingerprint density at radius 2 is 1.76 bits per heavy atom. The van der Waals surface area contributed by atoms with Crippen LogP contribution in [0.3, 0.4) is 0 Å². The van der Waals surface area contributed by atoms with E-state index in [1.165, 1.54) is 6.07 Å². The minimum absolute atomic E-state index is 0.113. The monoisotopic (exact) mass is 456 g/mol. The van der Waals surface area contributed by atoms with Gasteiger partial charge in [0.1, 0.15) is 0 Å². The smallest absolute Gasteiger partial charge is 0.287 e. The van der Waals surface area contributed by atoms with Gasteiger partial charge in [0.15, 0.2) is 10.4 Å². The van der Waals surface area contributed by atoms with Crippen molar-refractivity contribution in [2.24, 2.45) is 0 Å². The molecule has 0 spiro atoms. The Balaban J connectivity index is 1.48. The number of pyridine rings is 1. The number of hydrogen-bond donors (Lipinski definition) is 3. The fraction of sp³-hybridized carbons (Fsp3) is 0.100. The van der Waals surface area contributed by atoms with E-state index in [0.29, 0.717) is 15.9 Å². The summed E-state index contributed by atoms with van der Waals surface area (Å²) in [5.41, 5.74) is 1.90. The molecular weight excluding hydrogens is 440 g/mol. The molecule has 148 valence electrons. The first kappa shape index (κ1) is 20.3. The highest BCUT2D eigenvalue weighted by atomic mass is 79.9. The third-order valence-corrected chi connectivity index (χ3v) is 4.25. The van der Waals surface area contributed by atoms with Crippen molar-refractivity contribution in [2.45, 2.75) is 6.54 Å². The van der Waals surface area contributed by atoms with Gasteiger partial charge in [-0.05, 0) is 57.9 Å². The van der Waals surface area contributed by atoms with Crippen molar-refractivity contribution in [1.29, 1.82) is 0 Å². The second kappa shape index (κ2) is 9.65. The molecule has 0 aliphatic heterocycles. The van der Waals surface area contributed by atoms with Crippen molar-refractivity contribution in [3.63, 3.8) is 0 Å². The molecule has 0 atom stereocenters. The molecule has 3 amide bonds. The molecule has 29 heavy (non-hydrogen) atoms. The highest BCUT2D eigenvalue weighted by molar-refractivity contribution is 9.10. The van der Waals surface area contributed by atoms with Crippen molar-refractivity contribution in [3.8, 4) is 0 Å². The van der Waals surface area contributed by atoms with Crippen LogP contribution in [0.1, 0.15) is 26.5 Å². The van der Waals surface area contributed by atoms with Crippen molar-refractivity contribution < 1.29 is 18.8 Å². The zero-order valence-electron chi connectivity index (χ0n) is 15.1. The SMILES string of the molecule is O=C(CNC(=O)c1ccc(Br)o1)NCc1cccc(NC(=O)c2ccncc2)c1. The lowest BCUT2D eigenvalue weighted by atomic mass is 10.2. The van der Waals surface area contributed by atoms with E-state index in [1.54, 1.807) is 48.8 Å². The number of hydrogen-bond acceptors (Lipinski definition) is 5. The maximum Gasteiger partial charge on any atom is 0.287 e.